The van der Waals surface area contributed by atoms with E-state index in [4.69, 9.17) is 16.0 Å². The first-order chi connectivity index (χ1) is 12.0. The Morgan fingerprint density at radius 2 is 2.00 bits per heavy atom. The Labute approximate surface area is 146 Å². The van der Waals surface area contributed by atoms with Crippen molar-refractivity contribution in [3.63, 3.8) is 0 Å². The molecule has 4 rings (SSSR count). The molecule has 2 amide bonds. The van der Waals surface area contributed by atoms with Crippen LogP contribution < -0.4 is 16.0 Å². The molecule has 1 aromatic heterocycles. The molecular weight excluding hydrogens is 346 g/mol. The normalized spacial score (nSPS) is 13.6. The van der Waals surface area contributed by atoms with E-state index in [1.165, 1.54) is 15.5 Å². The lowest BCUT2D eigenvalue weighted by Crippen LogP contribution is -2.44. The molecule has 1 aliphatic rings. The first kappa shape index (κ1) is 15.5. The number of benzene rings is 2. The van der Waals surface area contributed by atoms with Crippen LogP contribution in [0.5, 0.6) is 0 Å². The number of rotatable bonds is 2. The van der Waals surface area contributed by atoms with E-state index in [-0.39, 0.29) is 24.9 Å². The highest BCUT2D eigenvalue weighted by molar-refractivity contribution is 6.31. The minimum Gasteiger partial charge on any atom is -0.408 e. The van der Waals surface area contributed by atoms with Gasteiger partial charge in [-0.25, -0.2) is 4.79 Å². The molecule has 8 heteroatoms. The van der Waals surface area contributed by atoms with Crippen LogP contribution in [0.4, 0.5) is 11.4 Å². The summed E-state index contributed by atoms with van der Waals surface area (Å²) in [5, 5.41) is 3.15. The van der Waals surface area contributed by atoms with Crippen molar-refractivity contribution in [2.75, 3.05) is 16.8 Å². The molecule has 126 valence electrons. The second kappa shape index (κ2) is 5.78. The third-order valence-electron chi connectivity index (χ3n) is 4.00. The number of fused-ring (bicyclic) bond motifs is 2. The highest BCUT2D eigenvalue weighted by atomic mass is 35.5. The van der Waals surface area contributed by atoms with Crippen molar-refractivity contribution >= 4 is 45.9 Å². The number of para-hydroxylation sites is 2. The number of amides is 2. The molecule has 0 bridgehead atoms. The molecular formula is C17H12ClN3O4. The number of hydrogen-bond donors (Lipinski definition) is 1. The lowest BCUT2D eigenvalue weighted by Gasteiger charge is -2.29. The third kappa shape index (κ3) is 2.68. The number of aromatic nitrogens is 1. The van der Waals surface area contributed by atoms with Gasteiger partial charge in [0.05, 0.1) is 16.9 Å². The number of carbonyl (C=O) groups excluding carboxylic acids is 2. The molecule has 0 aliphatic carbocycles. The summed E-state index contributed by atoms with van der Waals surface area (Å²) < 4.78 is 6.36. The van der Waals surface area contributed by atoms with E-state index in [9.17, 15) is 14.4 Å². The number of anilines is 2. The molecule has 0 atom stereocenters. The molecule has 0 unspecified atom stereocenters. The molecule has 2 aromatic carbocycles. The number of halogens is 1. The fourth-order valence-electron chi connectivity index (χ4n) is 2.87. The average molecular weight is 358 g/mol. The van der Waals surface area contributed by atoms with Gasteiger partial charge >= 0.3 is 5.76 Å². The average Bonchev–Trinajstić information content (AvgIpc) is 2.88. The maximum Gasteiger partial charge on any atom is 0.420 e. The van der Waals surface area contributed by atoms with Gasteiger partial charge in [-0.15, -0.1) is 0 Å². The zero-order chi connectivity index (χ0) is 17.6. The van der Waals surface area contributed by atoms with Gasteiger partial charge < -0.3 is 9.73 Å². The second-order valence-corrected chi connectivity index (χ2v) is 6.05. The van der Waals surface area contributed by atoms with Crippen molar-refractivity contribution in [3.8, 4) is 0 Å². The van der Waals surface area contributed by atoms with Gasteiger partial charge in [-0.1, -0.05) is 23.7 Å². The first-order valence-corrected chi connectivity index (χ1v) is 7.89. The Morgan fingerprint density at radius 1 is 1.20 bits per heavy atom. The Bertz CT molecular complexity index is 1070. The smallest absolute Gasteiger partial charge is 0.408 e. The van der Waals surface area contributed by atoms with Crippen LogP contribution in [0.2, 0.25) is 5.02 Å². The fourth-order valence-corrected chi connectivity index (χ4v) is 3.03. The maximum atomic E-state index is 12.8. The molecule has 1 N–H and O–H groups in total. The van der Waals surface area contributed by atoms with Gasteiger partial charge in [-0.3, -0.25) is 19.1 Å². The van der Waals surface area contributed by atoms with Crippen LogP contribution in [0, 0.1) is 0 Å². The zero-order valence-corrected chi connectivity index (χ0v) is 13.6. The topological polar surface area (TPSA) is 84.6 Å². The molecule has 0 spiro atoms. The Kier molecular flexibility index (Phi) is 3.58. The summed E-state index contributed by atoms with van der Waals surface area (Å²) >= 11 is 5.89. The molecule has 3 aromatic rings. The van der Waals surface area contributed by atoms with Gasteiger partial charge in [0.2, 0.25) is 11.8 Å². The van der Waals surface area contributed by atoms with Crippen molar-refractivity contribution in [1.29, 1.82) is 0 Å². The Morgan fingerprint density at radius 3 is 2.84 bits per heavy atom. The van der Waals surface area contributed by atoms with Crippen molar-refractivity contribution in [2.45, 2.75) is 6.54 Å². The Hall–Kier alpha value is -3.06. The summed E-state index contributed by atoms with van der Waals surface area (Å²) in [7, 11) is 0. The van der Waals surface area contributed by atoms with Gasteiger partial charge in [0, 0.05) is 11.1 Å². The van der Waals surface area contributed by atoms with Crippen LogP contribution in [0.25, 0.3) is 11.1 Å². The van der Waals surface area contributed by atoms with E-state index in [2.05, 4.69) is 5.32 Å². The van der Waals surface area contributed by atoms with E-state index in [1.807, 2.05) is 0 Å². The van der Waals surface area contributed by atoms with Crippen molar-refractivity contribution in [3.05, 3.63) is 58.0 Å². The second-order valence-electron chi connectivity index (χ2n) is 5.61. The van der Waals surface area contributed by atoms with E-state index in [0.29, 0.717) is 27.5 Å². The molecule has 7 nitrogen and oxygen atoms in total. The largest absolute Gasteiger partial charge is 0.420 e. The summed E-state index contributed by atoms with van der Waals surface area (Å²) in [6, 6.07) is 11.7. The predicted octanol–water partition coefficient (Wildman–Crippen LogP) is 2.23. The summed E-state index contributed by atoms with van der Waals surface area (Å²) in [5.41, 5.74) is 1.93. The zero-order valence-electron chi connectivity index (χ0n) is 12.9. The molecule has 25 heavy (non-hydrogen) atoms. The monoisotopic (exact) mass is 357 g/mol. The lowest BCUT2D eigenvalue weighted by atomic mass is 10.2. The van der Waals surface area contributed by atoms with Gasteiger partial charge in [0.1, 0.15) is 13.1 Å². The highest BCUT2D eigenvalue weighted by Gasteiger charge is 2.27. The number of hydrogen-bond acceptors (Lipinski definition) is 4. The number of nitrogens with zero attached hydrogens (tertiary/aromatic N) is 2. The van der Waals surface area contributed by atoms with Gasteiger partial charge in [-0.2, -0.15) is 0 Å². The van der Waals surface area contributed by atoms with E-state index in [0.717, 1.165) is 0 Å². The summed E-state index contributed by atoms with van der Waals surface area (Å²) in [6.07, 6.45) is 0. The van der Waals surface area contributed by atoms with Crippen LogP contribution in [-0.2, 0) is 16.1 Å². The van der Waals surface area contributed by atoms with Gasteiger partial charge in [0.15, 0.2) is 5.58 Å². The number of oxazole rings is 1. The molecule has 0 saturated carbocycles. The van der Waals surface area contributed by atoms with Crippen molar-refractivity contribution in [2.24, 2.45) is 0 Å². The maximum absolute atomic E-state index is 12.8. The lowest BCUT2D eigenvalue weighted by molar-refractivity contribution is -0.122. The van der Waals surface area contributed by atoms with Crippen LogP contribution >= 0.6 is 11.6 Å². The summed E-state index contributed by atoms with van der Waals surface area (Å²) in [5.74, 6) is -1.33. The Balaban J connectivity index is 1.71. The van der Waals surface area contributed by atoms with E-state index >= 15 is 0 Å². The minimum atomic E-state index is -0.652. The third-order valence-corrected chi connectivity index (χ3v) is 4.23. The first-order valence-electron chi connectivity index (χ1n) is 7.51. The van der Waals surface area contributed by atoms with Crippen LogP contribution in [-0.4, -0.2) is 22.9 Å². The molecule has 0 fully saturated rings. The van der Waals surface area contributed by atoms with E-state index < -0.39 is 5.76 Å². The van der Waals surface area contributed by atoms with Crippen molar-refractivity contribution in [1.82, 2.24) is 4.57 Å². The summed E-state index contributed by atoms with van der Waals surface area (Å²) in [4.78, 5) is 38.0. The summed E-state index contributed by atoms with van der Waals surface area (Å²) in [6.45, 7) is -0.346. The fraction of sp³-hybridized carbons (Fsp3) is 0.118. The molecule has 0 radical (unpaired) electrons. The molecule has 1 aliphatic heterocycles. The van der Waals surface area contributed by atoms with Gasteiger partial charge in [0.25, 0.3) is 0 Å². The standard InChI is InChI=1S/C17H12ClN3O4/c18-10-5-6-13-14(7-10)25-17(24)21(13)9-16(23)20-8-15(22)19-11-3-1-2-4-12(11)20/h1-7H,8-9H2,(H,19,22). The molecule has 2 heterocycles. The quantitative estimate of drug-likeness (QED) is 0.762. The molecule has 0 saturated heterocycles. The van der Waals surface area contributed by atoms with Crippen LogP contribution in [0.3, 0.4) is 0 Å². The highest BCUT2D eigenvalue weighted by Crippen LogP contribution is 2.29. The predicted molar refractivity (Wildman–Crippen MR) is 92.9 cm³/mol. The van der Waals surface area contributed by atoms with Gasteiger partial charge in [-0.05, 0) is 24.3 Å². The minimum absolute atomic E-state index is 0.105. The number of carbonyl (C=O) groups is 2. The van der Waals surface area contributed by atoms with Crippen LogP contribution in [0.1, 0.15) is 0 Å². The van der Waals surface area contributed by atoms with Crippen molar-refractivity contribution < 1.29 is 14.0 Å². The SMILES string of the molecule is O=C1CN(C(=O)Cn2c(=O)oc3cc(Cl)ccc32)c2ccccc2N1. The number of nitrogens with one attached hydrogen (secondary N) is 1. The van der Waals surface area contributed by atoms with Crippen LogP contribution in [0.15, 0.2) is 51.7 Å². The van der Waals surface area contributed by atoms with E-state index in [1.54, 1.807) is 36.4 Å².